The van der Waals surface area contributed by atoms with Crippen molar-refractivity contribution in [2.75, 3.05) is 42.8 Å². The molecule has 1 saturated heterocycles. The number of benzene rings is 2. The highest BCUT2D eigenvalue weighted by Gasteiger charge is 2.24. The Bertz CT molecular complexity index is 1150. The Morgan fingerprint density at radius 1 is 0.903 bits per heavy atom. The summed E-state index contributed by atoms with van der Waals surface area (Å²) in [5, 5.41) is 0. The summed E-state index contributed by atoms with van der Waals surface area (Å²) in [6.07, 6.45) is 1.74. The summed E-state index contributed by atoms with van der Waals surface area (Å²) >= 11 is 0. The molecule has 1 N–H and O–H groups in total. The minimum atomic E-state index is -3.79. The van der Waals surface area contributed by atoms with Gasteiger partial charge in [0, 0.05) is 31.7 Å². The molecule has 3 aromatic rings. The van der Waals surface area contributed by atoms with Crippen LogP contribution in [-0.4, -0.2) is 56.5 Å². The van der Waals surface area contributed by atoms with Gasteiger partial charge in [-0.25, -0.2) is 18.4 Å². The van der Waals surface area contributed by atoms with Crippen molar-refractivity contribution in [1.82, 2.24) is 14.9 Å². The predicted octanol–water partition coefficient (Wildman–Crippen LogP) is 3.31. The normalized spacial score (nSPS) is 15.1. The first kappa shape index (κ1) is 21.3. The monoisotopic (exact) mass is 437 g/mol. The molecular formula is C23H27N5O2S. The van der Waals surface area contributed by atoms with E-state index in [2.05, 4.69) is 26.6 Å². The Hall–Kier alpha value is -2.97. The zero-order valence-electron chi connectivity index (χ0n) is 18.0. The Kier molecular flexibility index (Phi) is 5.93. The van der Waals surface area contributed by atoms with Crippen molar-refractivity contribution in [3.05, 3.63) is 65.9 Å². The summed E-state index contributed by atoms with van der Waals surface area (Å²) in [5.74, 6) is 0.816. The van der Waals surface area contributed by atoms with Crippen molar-refractivity contribution in [3.63, 3.8) is 0 Å². The highest BCUT2D eigenvalue weighted by Crippen LogP contribution is 2.31. The fourth-order valence-electron chi connectivity index (χ4n) is 3.83. The first-order chi connectivity index (χ1) is 14.8. The molecule has 1 aliphatic rings. The van der Waals surface area contributed by atoms with Crippen LogP contribution in [0.2, 0.25) is 0 Å². The number of hydrogen-bond donors (Lipinski definition) is 1. The van der Waals surface area contributed by atoms with Crippen LogP contribution in [0.5, 0.6) is 0 Å². The van der Waals surface area contributed by atoms with Gasteiger partial charge in [-0.05, 0) is 44.2 Å². The molecule has 7 nitrogen and oxygen atoms in total. The second-order valence-electron chi connectivity index (χ2n) is 7.90. The Morgan fingerprint density at radius 2 is 1.55 bits per heavy atom. The van der Waals surface area contributed by atoms with Gasteiger partial charge in [0.15, 0.2) is 11.6 Å². The van der Waals surface area contributed by atoms with Crippen molar-refractivity contribution >= 4 is 21.7 Å². The van der Waals surface area contributed by atoms with Crippen LogP contribution < -0.4 is 9.62 Å². The number of aryl methyl sites for hydroxylation is 2. The van der Waals surface area contributed by atoms with Crippen LogP contribution in [0, 0.1) is 13.8 Å². The number of piperazine rings is 1. The van der Waals surface area contributed by atoms with E-state index in [4.69, 9.17) is 4.98 Å². The van der Waals surface area contributed by atoms with E-state index in [0.717, 1.165) is 42.9 Å². The van der Waals surface area contributed by atoms with Gasteiger partial charge in [0.05, 0.1) is 16.8 Å². The smallest absolute Gasteiger partial charge is 0.263 e. The average molecular weight is 438 g/mol. The molecule has 2 aromatic carbocycles. The van der Waals surface area contributed by atoms with E-state index in [9.17, 15) is 8.42 Å². The lowest BCUT2D eigenvalue weighted by atomic mass is 10.0. The second-order valence-corrected chi connectivity index (χ2v) is 9.59. The fraction of sp³-hybridized carbons (Fsp3) is 0.304. The molecule has 8 heteroatoms. The molecule has 31 heavy (non-hydrogen) atoms. The number of nitrogens with one attached hydrogen (secondary N) is 1. The first-order valence-electron chi connectivity index (χ1n) is 10.3. The fourth-order valence-corrected chi connectivity index (χ4v) is 4.85. The molecule has 162 valence electrons. The molecule has 4 rings (SSSR count). The lowest BCUT2D eigenvalue weighted by molar-refractivity contribution is 0.312. The van der Waals surface area contributed by atoms with Gasteiger partial charge >= 0.3 is 0 Å². The van der Waals surface area contributed by atoms with E-state index in [1.807, 2.05) is 32.0 Å². The summed E-state index contributed by atoms with van der Waals surface area (Å²) in [5.41, 5.74) is 3.76. The maximum atomic E-state index is 13.1. The molecule has 0 aliphatic carbocycles. The number of hydrogen-bond acceptors (Lipinski definition) is 6. The number of anilines is 2. The van der Waals surface area contributed by atoms with E-state index in [-0.39, 0.29) is 10.7 Å². The van der Waals surface area contributed by atoms with E-state index >= 15 is 0 Å². The van der Waals surface area contributed by atoms with E-state index < -0.39 is 10.0 Å². The summed E-state index contributed by atoms with van der Waals surface area (Å²) in [6, 6.07) is 14.4. The SMILES string of the molecule is Cc1cccc(C)c1-c1cnc(N2CCN(C)CC2)c(NS(=O)(=O)c2ccccc2)n1. The Labute approximate surface area is 183 Å². The van der Waals surface area contributed by atoms with Crippen molar-refractivity contribution in [2.24, 2.45) is 0 Å². The predicted molar refractivity (Wildman–Crippen MR) is 124 cm³/mol. The molecule has 0 atom stereocenters. The molecule has 0 unspecified atom stereocenters. The number of sulfonamides is 1. The maximum absolute atomic E-state index is 13.1. The number of likely N-dealkylation sites (N-methyl/N-ethyl adjacent to an activating group) is 1. The largest absolute Gasteiger partial charge is 0.351 e. The second kappa shape index (κ2) is 8.64. The van der Waals surface area contributed by atoms with Crippen LogP contribution in [0.4, 0.5) is 11.6 Å². The third kappa shape index (κ3) is 4.55. The summed E-state index contributed by atoms with van der Waals surface area (Å²) in [6.45, 7) is 7.32. The molecule has 0 spiro atoms. The Morgan fingerprint density at radius 3 is 2.19 bits per heavy atom. The maximum Gasteiger partial charge on any atom is 0.263 e. The summed E-state index contributed by atoms with van der Waals surface area (Å²) in [7, 11) is -1.72. The molecule has 0 bridgehead atoms. The molecule has 0 amide bonds. The lowest BCUT2D eigenvalue weighted by Gasteiger charge is -2.34. The van der Waals surface area contributed by atoms with Gasteiger partial charge in [0.1, 0.15) is 0 Å². The minimum absolute atomic E-state index is 0.193. The number of aromatic nitrogens is 2. The number of rotatable bonds is 5. The first-order valence-corrected chi connectivity index (χ1v) is 11.8. The number of nitrogens with zero attached hydrogens (tertiary/aromatic N) is 4. The van der Waals surface area contributed by atoms with Crippen LogP contribution in [0.3, 0.4) is 0 Å². The third-order valence-electron chi connectivity index (χ3n) is 5.58. The topological polar surface area (TPSA) is 78.4 Å². The van der Waals surface area contributed by atoms with Crippen molar-refractivity contribution < 1.29 is 8.42 Å². The molecule has 0 radical (unpaired) electrons. The molecule has 1 aliphatic heterocycles. The summed E-state index contributed by atoms with van der Waals surface area (Å²) in [4.78, 5) is 14.0. The van der Waals surface area contributed by atoms with Crippen LogP contribution in [0.25, 0.3) is 11.3 Å². The van der Waals surface area contributed by atoms with Gasteiger partial charge < -0.3 is 9.80 Å². The minimum Gasteiger partial charge on any atom is -0.351 e. The Balaban J connectivity index is 1.79. The zero-order valence-corrected chi connectivity index (χ0v) is 18.9. The van der Waals surface area contributed by atoms with Crippen molar-refractivity contribution in [3.8, 4) is 11.3 Å². The molecular weight excluding hydrogens is 410 g/mol. The standard InChI is InChI=1S/C23H27N5O2S/c1-17-8-7-9-18(2)21(17)20-16-24-23(28-14-12-27(3)13-15-28)22(25-20)26-31(29,30)19-10-5-4-6-11-19/h4-11,16H,12-15H2,1-3H3,(H,25,26). The van der Waals surface area contributed by atoms with Crippen LogP contribution >= 0.6 is 0 Å². The van der Waals surface area contributed by atoms with Gasteiger partial charge in [0.2, 0.25) is 0 Å². The molecule has 1 fully saturated rings. The lowest BCUT2D eigenvalue weighted by Crippen LogP contribution is -2.45. The van der Waals surface area contributed by atoms with Gasteiger partial charge in [0.25, 0.3) is 10.0 Å². The van der Waals surface area contributed by atoms with Crippen LogP contribution in [0.1, 0.15) is 11.1 Å². The van der Waals surface area contributed by atoms with Crippen LogP contribution in [-0.2, 0) is 10.0 Å². The zero-order chi connectivity index (χ0) is 22.0. The van der Waals surface area contributed by atoms with Crippen molar-refractivity contribution in [1.29, 1.82) is 0 Å². The molecule has 0 saturated carbocycles. The average Bonchev–Trinajstić information content (AvgIpc) is 2.75. The highest BCUT2D eigenvalue weighted by atomic mass is 32.2. The molecule has 2 heterocycles. The quantitative estimate of drug-likeness (QED) is 0.660. The van der Waals surface area contributed by atoms with Gasteiger partial charge in [-0.1, -0.05) is 36.4 Å². The van der Waals surface area contributed by atoms with E-state index in [1.165, 1.54) is 0 Å². The van der Waals surface area contributed by atoms with Crippen LogP contribution in [0.15, 0.2) is 59.6 Å². The van der Waals surface area contributed by atoms with Crippen molar-refractivity contribution in [2.45, 2.75) is 18.7 Å². The van der Waals surface area contributed by atoms with E-state index in [1.54, 1.807) is 36.5 Å². The third-order valence-corrected chi connectivity index (χ3v) is 6.93. The van der Waals surface area contributed by atoms with Gasteiger partial charge in [-0.2, -0.15) is 0 Å². The summed E-state index contributed by atoms with van der Waals surface area (Å²) < 4.78 is 28.8. The van der Waals surface area contributed by atoms with E-state index in [0.29, 0.717) is 11.5 Å². The van der Waals surface area contributed by atoms with Gasteiger partial charge in [-0.15, -0.1) is 0 Å². The molecule has 1 aromatic heterocycles. The highest BCUT2D eigenvalue weighted by molar-refractivity contribution is 7.92. The van der Waals surface area contributed by atoms with Gasteiger partial charge in [-0.3, -0.25) is 4.72 Å².